The third-order valence-corrected chi connectivity index (χ3v) is 3.74. The van der Waals surface area contributed by atoms with Crippen molar-refractivity contribution in [3.8, 4) is 6.07 Å². The van der Waals surface area contributed by atoms with Gasteiger partial charge >= 0.3 is 0 Å². The van der Waals surface area contributed by atoms with E-state index in [1.54, 1.807) is 0 Å². The van der Waals surface area contributed by atoms with Crippen molar-refractivity contribution >= 4 is 0 Å². The second-order valence-electron chi connectivity index (χ2n) is 6.25. The molecule has 0 bridgehead atoms. The Morgan fingerprint density at radius 2 is 2.10 bits per heavy atom. The van der Waals surface area contributed by atoms with Gasteiger partial charge in [0.15, 0.2) is 0 Å². The van der Waals surface area contributed by atoms with E-state index in [-0.39, 0.29) is 5.41 Å². The van der Waals surface area contributed by atoms with Gasteiger partial charge in [0.1, 0.15) is 0 Å². The number of nitrogens with zero attached hydrogens (tertiary/aromatic N) is 2. The molecule has 20 heavy (non-hydrogen) atoms. The van der Waals surface area contributed by atoms with Crippen molar-refractivity contribution < 1.29 is 0 Å². The van der Waals surface area contributed by atoms with Gasteiger partial charge in [0.05, 0.1) is 11.6 Å². The average molecular weight is 273 g/mol. The van der Waals surface area contributed by atoms with Crippen LogP contribution in [0.2, 0.25) is 0 Å². The Labute approximate surface area is 123 Å². The molecule has 1 atom stereocenters. The summed E-state index contributed by atoms with van der Waals surface area (Å²) in [6.45, 7) is 11.5. The number of rotatable bonds is 7. The summed E-state index contributed by atoms with van der Waals surface area (Å²) >= 11 is 0. The van der Waals surface area contributed by atoms with Crippen molar-refractivity contribution in [2.45, 2.75) is 40.2 Å². The Morgan fingerprint density at radius 3 is 2.65 bits per heavy atom. The van der Waals surface area contributed by atoms with Crippen LogP contribution in [0.25, 0.3) is 0 Å². The molecule has 1 rings (SSSR count). The molecule has 0 amide bonds. The summed E-state index contributed by atoms with van der Waals surface area (Å²) in [5.41, 5.74) is 7.90. The average Bonchev–Trinajstić information content (AvgIpc) is 2.46. The predicted molar refractivity (Wildman–Crippen MR) is 84.3 cm³/mol. The summed E-state index contributed by atoms with van der Waals surface area (Å²) in [5.74, 6) is 0. The molecule has 0 spiro atoms. The lowest BCUT2D eigenvalue weighted by atomic mass is 9.91. The first-order valence-corrected chi connectivity index (χ1v) is 7.37. The highest BCUT2D eigenvalue weighted by Crippen LogP contribution is 2.25. The molecule has 0 saturated heterocycles. The number of hydrogen-bond donors (Lipinski definition) is 1. The van der Waals surface area contributed by atoms with Gasteiger partial charge in [-0.05, 0) is 49.5 Å². The molecular weight excluding hydrogens is 246 g/mol. The maximum Gasteiger partial charge on any atom is 0.0991 e. The van der Waals surface area contributed by atoms with Crippen molar-refractivity contribution in [1.82, 2.24) is 4.90 Å². The van der Waals surface area contributed by atoms with Gasteiger partial charge < -0.3 is 5.73 Å². The van der Waals surface area contributed by atoms with E-state index >= 15 is 0 Å². The summed E-state index contributed by atoms with van der Waals surface area (Å²) < 4.78 is 0. The van der Waals surface area contributed by atoms with Gasteiger partial charge in [0.25, 0.3) is 0 Å². The minimum Gasteiger partial charge on any atom is -0.330 e. The van der Waals surface area contributed by atoms with Gasteiger partial charge in [-0.3, -0.25) is 4.90 Å². The maximum absolute atomic E-state index is 9.03. The fraction of sp³-hybridized carbons (Fsp3) is 0.588. The smallest absolute Gasteiger partial charge is 0.0991 e. The zero-order valence-corrected chi connectivity index (χ0v) is 13.2. The molecule has 1 unspecified atom stereocenters. The topological polar surface area (TPSA) is 53.0 Å². The first-order chi connectivity index (χ1) is 9.43. The number of nitrogens with two attached hydrogens (primary N) is 1. The Kier molecular flexibility index (Phi) is 6.19. The predicted octanol–water partition coefficient (Wildman–Crippen LogP) is 3.32. The molecule has 0 fully saturated rings. The van der Waals surface area contributed by atoms with Gasteiger partial charge in [-0.2, -0.15) is 5.26 Å². The highest BCUT2D eigenvalue weighted by atomic mass is 15.2. The van der Waals surface area contributed by atoms with Crippen molar-refractivity contribution in [2.24, 2.45) is 11.1 Å². The molecule has 0 aliphatic carbocycles. The number of hydrogen-bond acceptors (Lipinski definition) is 3. The van der Waals surface area contributed by atoms with Crippen LogP contribution < -0.4 is 5.73 Å². The van der Waals surface area contributed by atoms with E-state index in [4.69, 9.17) is 11.0 Å². The van der Waals surface area contributed by atoms with Crippen molar-refractivity contribution in [3.63, 3.8) is 0 Å². The zero-order chi connectivity index (χ0) is 15.2. The SMILES string of the molecule is CCCN(CC(C)(C)CN)C(C)c1cccc(C#N)c1. The molecule has 0 heterocycles. The van der Waals surface area contributed by atoms with E-state index in [1.165, 1.54) is 5.56 Å². The van der Waals surface area contributed by atoms with Gasteiger partial charge in [-0.1, -0.05) is 32.9 Å². The molecule has 3 heteroatoms. The first kappa shape index (κ1) is 16.7. The third kappa shape index (κ3) is 4.63. The molecule has 3 nitrogen and oxygen atoms in total. The van der Waals surface area contributed by atoms with Crippen LogP contribution in [-0.2, 0) is 0 Å². The van der Waals surface area contributed by atoms with Crippen LogP contribution in [0.3, 0.4) is 0 Å². The Morgan fingerprint density at radius 1 is 1.40 bits per heavy atom. The second kappa shape index (κ2) is 7.42. The Hall–Kier alpha value is -1.37. The summed E-state index contributed by atoms with van der Waals surface area (Å²) in [5, 5.41) is 9.03. The highest BCUT2D eigenvalue weighted by Gasteiger charge is 2.24. The summed E-state index contributed by atoms with van der Waals surface area (Å²) in [6, 6.07) is 10.4. The van der Waals surface area contributed by atoms with Gasteiger partial charge in [-0.25, -0.2) is 0 Å². The molecule has 0 radical (unpaired) electrons. The maximum atomic E-state index is 9.03. The molecule has 1 aromatic rings. The molecule has 0 aromatic heterocycles. The molecule has 1 aromatic carbocycles. The van der Waals surface area contributed by atoms with Gasteiger partial charge in [0.2, 0.25) is 0 Å². The van der Waals surface area contributed by atoms with Crippen LogP contribution in [0.1, 0.15) is 51.3 Å². The summed E-state index contributed by atoms with van der Waals surface area (Å²) in [6.07, 6.45) is 1.11. The number of benzene rings is 1. The molecule has 0 aliphatic heterocycles. The molecule has 2 N–H and O–H groups in total. The van der Waals surface area contributed by atoms with E-state index in [9.17, 15) is 0 Å². The van der Waals surface area contributed by atoms with Crippen LogP contribution in [0.15, 0.2) is 24.3 Å². The standard InChI is InChI=1S/C17H27N3/c1-5-9-20(13-17(3,4)12-19)14(2)16-8-6-7-15(10-16)11-18/h6-8,10,14H,5,9,12-13,19H2,1-4H3. The van der Waals surface area contributed by atoms with E-state index in [0.717, 1.165) is 25.1 Å². The summed E-state index contributed by atoms with van der Waals surface area (Å²) in [7, 11) is 0. The normalized spacial score (nSPS) is 13.2. The van der Waals surface area contributed by atoms with Crippen LogP contribution in [0.4, 0.5) is 0 Å². The van der Waals surface area contributed by atoms with Crippen molar-refractivity contribution in [2.75, 3.05) is 19.6 Å². The van der Waals surface area contributed by atoms with Gasteiger partial charge in [-0.15, -0.1) is 0 Å². The zero-order valence-electron chi connectivity index (χ0n) is 13.2. The largest absolute Gasteiger partial charge is 0.330 e. The molecule has 110 valence electrons. The van der Waals surface area contributed by atoms with Crippen LogP contribution in [0, 0.1) is 16.7 Å². The van der Waals surface area contributed by atoms with E-state index in [2.05, 4.69) is 44.7 Å². The minimum atomic E-state index is 0.107. The lowest BCUT2D eigenvalue weighted by molar-refractivity contribution is 0.140. The lowest BCUT2D eigenvalue weighted by Crippen LogP contribution is -2.40. The fourth-order valence-corrected chi connectivity index (χ4v) is 2.39. The molecule has 0 aliphatic rings. The molecular formula is C17H27N3. The first-order valence-electron chi connectivity index (χ1n) is 7.37. The van der Waals surface area contributed by atoms with E-state index in [0.29, 0.717) is 12.6 Å². The van der Waals surface area contributed by atoms with Crippen LogP contribution in [-0.4, -0.2) is 24.5 Å². The fourth-order valence-electron chi connectivity index (χ4n) is 2.39. The Balaban J connectivity index is 2.93. The summed E-state index contributed by atoms with van der Waals surface area (Å²) in [4.78, 5) is 2.46. The van der Waals surface area contributed by atoms with Crippen molar-refractivity contribution in [1.29, 1.82) is 5.26 Å². The van der Waals surface area contributed by atoms with E-state index < -0.39 is 0 Å². The quantitative estimate of drug-likeness (QED) is 0.829. The Bertz CT molecular complexity index is 460. The van der Waals surface area contributed by atoms with Crippen LogP contribution in [0.5, 0.6) is 0 Å². The third-order valence-electron chi connectivity index (χ3n) is 3.74. The van der Waals surface area contributed by atoms with Crippen LogP contribution >= 0.6 is 0 Å². The monoisotopic (exact) mass is 273 g/mol. The minimum absolute atomic E-state index is 0.107. The molecule has 0 saturated carbocycles. The van der Waals surface area contributed by atoms with Crippen molar-refractivity contribution in [3.05, 3.63) is 35.4 Å². The second-order valence-corrected chi connectivity index (χ2v) is 6.25. The van der Waals surface area contributed by atoms with Gasteiger partial charge in [0, 0.05) is 12.6 Å². The highest BCUT2D eigenvalue weighted by molar-refractivity contribution is 5.34. The van der Waals surface area contributed by atoms with E-state index in [1.807, 2.05) is 18.2 Å². The lowest BCUT2D eigenvalue weighted by Gasteiger charge is -2.36. The number of nitriles is 1.